The van der Waals surface area contributed by atoms with Gasteiger partial charge in [-0.3, -0.25) is 9.59 Å². The molecule has 0 radical (unpaired) electrons. The van der Waals surface area contributed by atoms with Gasteiger partial charge in [-0.15, -0.1) is 0 Å². The van der Waals surface area contributed by atoms with Crippen LogP contribution < -0.4 is 10.2 Å². The molecule has 1 fully saturated rings. The van der Waals surface area contributed by atoms with Gasteiger partial charge in [0.2, 0.25) is 5.91 Å². The van der Waals surface area contributed by atoms with E-state index in [-0.39, 0.29) is 30.6 Å². The topological polar surface area (TPSA) is 49.4 Å². The first-order chi connectivity index (χ1) is 15.8. The third kappa shape index (κ3) is 5.08. The second kappa shape index (κ2) is 10.00. The van der Waals surface area contributed by atoms with Gasteiger partial charge in [-0.25, -0.2) is 13.7 Å². The summed E-state index contributed by atoms with van der Waals surface area (Å²) in [6.07, 6.45) is -1.50. The number of carbonyl (C=O) groups is 2. The maximum Gasteiger partial charge on any atom is 0.251 e. The summed E-state index contributed by atoms with van der Waals surface area (Å²) in [7, 11) is 0. The first kappa shape index (κ1) is 23.4. The van der Waals surface area contributed by atoms with E-state index in [2.05, 4.69) is 5.32 Å². The normalized spacial score (nSPS) is 17.7. The molecule has 0 bridgehead atoms. The van der Waals surface area contributed by atoms with Gasteiger partial charge in [-0.2, -0.15) is 0 Å². The van der Waals surface area contributed by atoms with Crippen LogP contribution in [0.5, 0.6) is 0 Å². The summed E-state index contributed by atoms with van der Waals surface area (Å²) in [5.74, 6) is -2.13. The highest BCUT2D eigenvalue weighted by molar-refractivity contribution is 6.33. The zero-order valence-corrected chi connectivity index (χ0v) is 18.9. The fourth-order valence-corrected chi connectivity index (χ4v) is 4.34. The van der Waals surface area contributed by atoms with E-state index in [0.717, 1.165) is 4.90 Å². The van der Waals surface area contributed by atoms with Crippen molar-refractivity contribution < 1.29 is 18.4 Å². The molecule has 3 aromatic rings. The lowest BCUT2D eigenvalue weighted by Crippen LogP contribution is -2.48. The Kier molecular flexibility index (Phi) is 7.08. The van der Waals surface area contributed by atoms with Crippen molar-refractivity contribution in [2.45, 2.75) is 25.1 Å². The van der Waals surface area contributed by atoms with Crippen LogP contribution >= 0.6 is 23.2 Å². The quantitative estimate of drug-likeness (QED) is 0.508. The van der Waals surface area contributed by atoms with Crippen molar-refractivity contribution in [2.24, 2.45) is 0 Å². The van der Waals surface area contributed by atoms with Gasteiger partial charge in [0.05, 0.1) is 18.2 Å². The maximum atomic E-state index is 15.8. The summed E-state index contributed by atoms with van der Waals surface area (Å²) >= 11 is 12.3. The zero-order valence-electron chi connectivity index (χ0n) is 17.4. The zero-order chi connectivity index (χ0) is 23.5. The van der Waals surface area contributed by atoms with Crippen LogP contribution in [0.4, 0.5) is 14.5 Å². The van der Waals surface area contributed by atoms with E-state index in [1.165, 1.54) is 12.1 Å². The van der Waals surface area contributed by atoms with Crippen molar-refractivity contribution in [2.75, 3.05) is 11.4 Å². The van der Waals surface area contributed by atoms with Crippen molar-refractivity contribution in [3.8, 4) is 11.1 Å². The van der Waals surface area contributed by atoms with Gasteiger partial charge < -0.3 is 5.32 Å². The largest absolute Gasteiger partial charge is 0.303 e. The molecule has 1 aliphatic heterocycles. The number of rotatable bonds is 5. The van der Waals surface area contributed by atoms with E-state index in [1.807, 2.05) is 0 Å². The fraction of sp³-hybridized carbons (Fsp3) is 0.200. The molecule has 2 atom stereocenters. The molecule has 0 saturated carbocycles. The molecule has 170 valence electrons. The van der Waals surface area contributed by atoms with Crippen molar-refractivity contribution >= 4 is 40.7 Å². The Hall–Kier alpha value is -2.80. The third-order valence-corrected chi connectivity index (χ3v) is 6.04. The van der Waals surface area contributed by atoms with E-state index >= 15 is 4.39 Å². The standard InChI is InChI=1S/C25H20Cl2F2N2O2/c26-16-6-3-5-15(11-16)12-23(32)31(25(33)21-13-17(28)14-30-21)22-10-4-8-19(24(22)29)18-7-1-2-9-20(18)27/h1-11,17,21,30H,12-14H2/t17-,21+/m1/s1. The fourth-order valence-electron chi connectivity index (χ4n) is 3.89. The van der Waals surface area contributed by atoms with E-state index in [9.17, 15) is 14.0 Å². The number of imide groups is 1. The van der Waals surface area contributed by atoms with Crippen LogP contribution in [0.1, 0.15) is 12.0 Å². The van der Waals surface area contributed by atoms with E-state index in [0.29, 0.717) is 21.2 Å². The lowest BCUT2D eigenvalue weighted by Gasteiger charge is -2.25. The van der Waals surface area contributed by atoms with E-state index in [4.69, 9.17) is 23.2 Å². The second-order valence-electron chi connectivity index (χ2n) is 7.79. The average molecular weight is 489 g/mol. The van der Waals surface area contributed by atoms with Crippen LogP contribution in [-0.2, 0) is 16.0 Å². The average Bonchev–Trinajstić information content (AvgIpc) is 3.22. The number of hydrogen-bond acceptors (Lipinski definition) is 3. The van der Waals surface area contributed by atoms with Gasteiger partial charge in [-0.1, -0.05) is 65.7 Å². The number of carbonyl (C=O) groups excluding carboxylic acids is 2. The number of amides is 2. The predicted octanol–water partition coefficient (Wildman–Crippen LogP) is 5.60. The number of nitrogens with zero attached hydrogens (tertiary/aromatic N) is 1. The molecule has 1 heterocycles. The molecule has 3 aromatic carbocycles. The molecule has 0 aliphatic carbocycles. The number of hydrogen-bond donors (Lipinski definition) is 1. The Morgan fingerprint density at radius 1 is 1.00 bits per heavy atom. The SMILES string of the molecule is O=C(Cc1cccc(Cl)c1)N(C(=O)[C@@H]1C[C@@H](F)CN1)c1cccc(-c2ccccc2Cl)c1F. The minimum atomic E-state index is -1.22. The van der Waals surface area contributed by atoms with Crippen molar-refractivity contribution in [3.63, 3.8) is 0 Å². The molecule has 4 rings (SSSR count). The van der Waals surface area contributed by atoms with E-state index < -0.39 is 29.8 Å². The Morgan fingerprint density at radius 3 is 2.42 bits per heavy atom. The monoisotopic (exact) mass is 488 g/mol. The molecule has 0 unspecified atom stereocenters. The Bertz CT molecular complexity index is 1200. The minimum Gasteiger partial charge on any atom is -0.303 e. The van der Waals surface area contributed by atoms with Gasteiger partial charge in [0.1, 0.15) is 6.17 Å². The molecule has 4 nitrogen and oxygen atoms in total. The van der Waals surface area contributed by atoms with Crippen LogP contribution in [0.3, 0.4) is 0 Å². The van der Waals surface area contributed by atoms with Crippen molar-refractivity contribution in [1.29, 1.82) is 0 Å². The molecular formula is C25H20Cl2F2N2O2. The molecule has 1 saturated heterocycles. The van der Waals surface area contributed by atoms with E-state index in [1.54, 1.807) is 54.6 Å². The Labute approximate surface area is 200 Å². The first-order valence-electron chi connectivity index (χ1n) is 10.4. The first-order valence-corrected chi connectivity index (χ1v) is 11.1. The molecule has 1 N–H and O–H groups in total. The van der Waals surface area contributed by atoms with Gasteiger partial charge in [-0.05, 0) is 29.8 Å². The van der Waals surface area contributed by atoms with Crippen LogP contribution in [0, 0.1) is 5.82 Å². The number of alkyl halides is 1. The highest BCUT2D eigenvalue weighted by atomic mass is 35.5. The summed E-state index contributed by atoms with van der Waals surface area (Å²) in [6, 6.07) is 16.8. The van der Waals surface area contributed by atoms with Crippen LogP contribution in [-0.4, -0.2) is 30.6 Å². The highest BCUT2D eigenvalue weighted by Crippen LogP contribution is 2.34. The molecule has 1 aliphatic rings. The van der Waals surface area contributed by atoms with Crippen LogP contribution in [0.15, 0.2) is 66.7 Å². The predicted molar refractivity (Wildman–Crippen MR) is 126 cm³/mol. The van der Waals surface area contributed by atoms with Gasteiger partial charge in [0.15, 0.2) is 5.82 Å². The third-order valence-electron chi connectivity index (χ3n) is 5.47. The van der Waals surface area contributed by atoms with Crippen molar-refractivity contribution in [1.82, 2.24) is 5.32 Å². The number of benzene rings is 3. The van der Waals surface area contributed by atoms with Gasteiger partial charge >= 0.3 is 0 Å². The molecule has 8 heteroatoms. The Balaban J connectivity index is 1.76. The summed E-state index contributed by atoms with van der Waals surface area (Å²) in [6.45, 7) is -0.00508. The number of anilines is 1. The van der Waals surface area contributed by atoms with Crippen molar-refractivity contribution in [3.05, 3.63) is 88.2 Å². The number of nitrogens with one attached hydrogen (secondary N) is 1. The lowest BCUT2D eigenvalue weighted by atomic mass is 10.0. The highest BCUT2D eigenvalue weighted by Gasteiger charge is 2.37. The summed E-state index contributed by atoms with van der Waals surface area (Å²) < 4.78 is 29.5. The molecular weight excluding hydrogens is 469 g/mol. The van der Waals surface area contributed by atoms with Crippen LogP contribution in [0.25, 0.3) is 11.1 Å². The van der Waals surface area contributed by atoms with Gasteiger partial charge in [0.25, 0.3) is 5.91 Å². The molecule has 0 spiro atoms. The lowest BCUT2D eigenvalue weighted by molar-refractivity contribution is -0.127. The summed E-state index contributed by atoms with van der Waals surface area (Å²) in [4.78, 5) is 27.4. The number of halogens is 4. The molecule has 2 amide bonds. The maximum absolute atomic E-state index is 15.8. The minimum absolute atomic E-state index is 0.00508. The summed E-state index contributed by atoms with van der Waals surface area (Å²) in [5, 5.41) is 3.54. The smallest absolute Gasteiger partial charge is 0.251 e. The Morgan fingerprint density at radius 2 is 1.73 bits per heavy atom. The summed E-state index contributed by atoms with van der Waals surface area (Å²) in [5.41, 5.74) is 0.925. The van der Waals surface area contributed by atoms with Crippen LogP contribution in [0.2, 0.25) is 10.0 Å². The molecule has 33 heavy (non-hydrogen) atoms. The van der Waals surface area contributed by atoms with Gasteiger partial charge in [0, 0.05) is 34.1 Å². The molecule has 0 aromatic heterocycles. The second-order valence-corrected chi connectivity index (χ2v) is 8.63.